The van der Waals surface area contributed by atoms with Crippen LogP contribution in [0.5, 0.6) is 0 Å². The van der Waals surface area contributed by atoms with Crippen molar-refractivity contribution in [1.82, 2.24) is 0 Å². The molecule has 37 heavy (non-hydrogen) atoms. The van der Waals surface area contributed by atoms with E-state index in [-0.39, 0.29) is 0 Å². The summed E-state index contributed by atoms with van der Waals surface area (Å²) in [6.07, 6.45) is 11.5. The minimum atomic E-state index is 0.614. The van der Waals surface area contributed by atoms with Crippen molar-refractivity contribution in [2.45, 2.75) is 135 Å². The molecule has 0 saturated carbocycles. The Kier molecular flexibility index (Phi) is 27.2. The van der Waals surface area contributed by atoms with Crippen molar-refractivity contribution < 1.29 is 0 Å². The van der Waals surface area contributed by atoms with E-state index in [0.717, 1.165) is 0 Å². The van der Waals surface area contributed by atoms with Crippen LogP contribution in [-0.2, 0) is 0 Å². The van der Waals surface area contributed by atoms with Gasteiger partial charge in [-0.05, 0) is 89.3 Å². The highest BCUT2D eigenvalue weighted by Crippen LogP contribution is 2.39. The van der Waals surface area contributed by atoms with Gasteiger partial charge >= 0.3 is 0 Å². The second-order valence-corrected chi connectivity index (χ2v) is 9.76. The van der Waals surface area contributed by atoms with E-state index in [2.05, 4.69) is 123 Å². The lowest BCUT2D eigenvalue weighted by Gasteiger charge is -2.32. The zero-order valence-electron chi connectivity index (χ0n) is 27.4. The summed E-state index contributed by atoms with van der Waals surface area (Å²) in [5.74, 6) is 0. The summed E-state index contributed by atoms with van der Waals surface area (Å²) >= 11 is 0. The molecule has 0 N–H and O–H groups in total. The van der Waals surface area contributed by atoms with Crippen LogP contribution in [0.3, 0.4) is 0 Å². The summed E-state index contributed by atoms with van der Waals surface area (Å²) < 4.78 is 0. The Morgan fingerprint density at radius 3 is 1.57 bits per heavy atom. The molecule has 0 nitrogen and oxygen atoms in total. The Labute approximate surface area is 234 Å². The van der Waals surface area contributed by atoms with E-state index in [9.17, 15) is 0 Å². The molecule has 0 saturated heterocycles. The van der Waals surface area contributed by atoms with Crippen molar-refractivity contribution in [3.63, 3.8) is 0 Å². The largest absolute Gasteiger partial charge is 0.100 e. The molecule has 0 aromatic heterocycles. The average Bonchev–Trinajstić information content (AvgIpc) is 2.90. The maximum Gasteiger partial charge on any atom is -0.0201 e. The smallest absolute Gasteiger partial charge is 0.0201 e. The van der Waals surface area contributed by atoms with E-state index in [0.29, 0.717) is 5.41 Å². The minimum absolute atomic E-state index is 0.614. The van der Waals surface area contributed by atoms with Gasteiger partial charge in [0, 0.05) is 0 Å². The van der Waals surface area contributed by atoms with Crippen molar-refractivity contribution in [2.75, 3.05) is 0 Å². The van der Waals surface area contributed by atoms with Crippen molar-refractivity contribution in [1.29, 1.82) is 0 Å². The first-order valence-electron chi connectivity index (χ1n) is 15.0. The Hall–Kier alpha value is -2.08. The van der Waals surface area contributed by atoms with Gasteiger partial charge in [0.25, 0.3) is 0 Å². The van der Waals surface area contributed by atoms with Crippen LogP contribution >= 0.6 is 0 Å². The highest BCUT2D eigenvalue weighted by molar-refractivity contribution is 5.65. The molecule has 0 unspecified atom stereocenters. The van der Waals surface area contributed by atoms with Gasteiger partial charge in [0.1, 0.15) is 0 Å². The molecule has 2 aromatic carbocycles. The summed E-state index contributed by atoms with van der Waals surface area (Å²) in [4.78, 5) is 0. The van der Waals surface area contributed by atoms with Crippen LogP contribution in [-0.4, -0.2) is 0 Å². The van der Waals surface area contributed by atoms with Crippen LogP contribution in [0.2, 0.25) is 0 Å². The molecule has 0 spiro atoms. The maximum absolute atomic E-state index is 4.01. The van der Waals surface area contributed by atoms with Gasteiger partial charge in [-0.3, -0.25) is 0 Å². The van der Waals surface area contributed by atoms with Crippen LogP contribution in [0.25, 0.3) is 5.57 Å². The number of hydrogen-bond donors (Lipinski definition) is 0. The molecule has 212 valence electrons. The quantitative estimate of drug-likeness (QED) is 0.295. The monoisotopic (exact) mass is 509 g/mol. The molecule has 0 aliphatic heterocycles. The number of benzene rings is 2. The van der Waals surface area contributed by atoms with E-state index in [4.69, 9.17) is 0 Å². The van der Waals surface area contributed by atoms with Crippen molar-refractivity contribution in [3.8, 4) is 0 Å². The first-order valence-corrected chi connectivity index (χ1v) is 15.0. The molecule has 0 aliphatic carbocycles. The topological polar surface area (TPSA) is 0 Å². The van der Waals surface area contributed by atoms with Crippen LogP contribution in [0.15, 0.2) is 66.8 Å². The second-order valence-electron chi connectivity index (χ2n) is 9.76. The molecule has 0 aliphatic rings. The summed E-state index contributed by atoms with van der Waals surface area (Å²) in [5.41, 5.74) is 8.69. The lowest BCUT2D eigenvalue weighted by Crippen LogP contribution is -2.19. The molecular formula is C37H64. The zero-order valence-corrected chi connectivity index (χ0v) is 27.4. The summed E-state index contributed by atoms with van der Waals surface area (Å²) in [5, 5.41) is 0. The highest BCUT2D eigenvalue weighted by Gasteiger charge is 2.25. The number of aryl methyl sites for hydroxylation is 3. The second kappa shape index (κ2) is 25.6. The van der Waals surface area contributed by atoms with E-state index >= 15 is 0 Å². The highest BCUT2D eigenvalue weighted by atomic mass is 14.3. The van der Waals surface area contributed by atoms with E-state index in [1.807, 2.05) is 27.7 Å². The normalized spacial score (nSPS) is 10.2. The molecule has 0 heteroatoms. The first-order chi connectivity index (χ1) is 17.6. The van der Waals surface area contributed by atoms with Crippen molar-refractivity contribution >= 4 is 5.57 Å². The predicted octanol–water partition coefficient (Wildman–Crippen LogP) is 13.1. The molecule has 0 atom stereocenters. The maximum atomic E-state index is 4.01. The van der Waals surface area contributed by atoms with Gasteiger partial charge in [0.05, 0.1) is 0 Å². The van der Waals surface area contributed by atoms with Crippen molar-refractivity contribution in [3.05, 3.63) is 89.0 Å². The Morgan fingerprint density at radius 1 is 0.757 bits per heavy atom. The molecule has 0 heterocycles. The SMILES string of the molecule is C/C=C(/C)c1ccccc1C.C=C(C)CCC(CC)(CCC)CCC.CC.CC.Cc1cccc(C)c1. The molecule has 0 amide bonds. The third-order valence-corrected chi connectivity index (χ3v) is 6.57. The van der Waals surface area contributed by atoms with Crippen LogP contribution < -0.4 is 0 Å². The van der Waals surface area contributed by atoms with Gasteiger partial charge in [0.15, 0.2) is 0 Å². The summed E-state index contributed by atoms with van der Waals surface area (Å²) in [7, 11) is 0. The van der Waals surface area contributed by atoms with Gasteiger partial charge in [-0.15, -0.1) is 6.58 Å². The molecule has 0 fully saturated rings. The lowest BCUT2D eigenvalue weighted by molar-refractivity contribution is 0.204. The van der Waals surface area contributed by atoms with Gasteiger partial charge in [0.2, 0.25) is 0 Å². The van der Waals surface area contributed by atoms with Gasteiger partial charge in [-0.2, -0.15) is 0 Å². The molecular weight excluding hydrogens is 444 g/mol. The van der Waals surface area contributed by atoms with Crippen molar-refractivity contribution in [2.24, 2.45) is 5.41 Å². The first kappa shape index (κ1) is 39.4. The fourth-order valence-electron chi connectivity index (χ4n) is 4.42. The van der Waals surface area contributed by atoms with Gasteiger partial charge < -0.3 is 0 Å². The fourth-order valence-corrected chi connectivity index (χ4v) is 4.42. The van der Waals surface area contributed by atoms with Crippen LogP contribution in [0.4, 0.5) is 0 Å². The summed E-state index contributed by atoms with van der Waals surface area (Å²) in [6.45, 7) is 31.7. The molecule has 2 rings (SSSR count). The molecule has 2 aromatic rings. The number of hydrogen-bond acceptors (Lipinski definition) is 0. The average molecular weight is 509 g/mol. The van der Waals surface area contributed by atoms with E-state index in [1.54, 1.807) is 0 Å². The Balaban J connectivity index is -0.000000449. The Bertz CT molecular complexity index is 798. The van der Waals surface area contributed by atoms with E-state index in [1.165, 1.54) is 78.3 Å². The van der Waals surface area contributed by atoms with Crippen LogP contribution in [0, 0.1) is 26.2 Å². The zero-order chi connectivity index (χ0) is 29.3. The predicted molar refractivity (Wildman–Crippen MR) is 176 cm³/mol. The van der Waals surface area contributed by atoms with Crippen LogP contribution in [0.1, 0.15) is 136 Å². The lowest BCUT2D eigenvalue weighted by atomic mass is 9.73. The minimum Gasteiger partial charge on any atom is -0.100 e. The number of rotatable bonds is 9. The third kappa shape index (κ3) is 19.7. The van der Waals surface area contributed by atoms with E-state index < -0.39 is 0 Å². The standard InChI is InChI=1S/C14H28.C11H14.C8H10.2C2H6/c1-6-10-14(8-3,11-7-2)12-9-13(4)5;1-4-9(2)11-8-6-5-7-10(11)3;1-7-4-3-5-8(2)6-7;2*1-2/h4,6-12H2,1-3,5H3;4-8H,1-3H3;3-6H,1-2H3;2*1-2H3/b;9-4-;;;. The summed E-state index contributed by atoms with van der Waals surface area (Å²) in [6, 6.07) is 16.9. The molecule has 0 bridgehead atoms. The molecule has 0 radical (unpaired) electrons. The van der Waals surface area contributed by atoms with Gasteiger partial charge in [-0.1, -0.05) is 139 Å². The number of allylic oxidation sites excluding steroid dienone is 3. The third-order valence-electron chi connectivity index (χ3n) is 6.57. The van der Waals surface area contributed by atoms with Gasteiger partial charge in [-0.25, -0.2) is 0 Å². The fraction of sp³-hybridized carbons (Fsp3) is 0.568. The Morgan fingerprint density at radius 2 is 1.24 bits per heavy atom.